The van der Waals surface area contributed by atoms with E-state index in [9.17, 15) is 8.42 Å². The van der Waals surface area contributed by atoms with Gasteiger partial charge in [0.25, 0.3) is 0 Å². The first-order chi connectivity index (χ1) is 5.98. The lowest BCUT2D eigenvalue weighted by Crippen LogP contribution is -2.27. The fraction of sp³-hybridized carbons (Fsp3) is 0.857. The van der Waals surface area contributed by atoms with Gasteiger partial charge < -0.3 is 5.73 Å². The Morgan fingerprint density at radius 3 is 2.62 bits per heavy atom. The minimum atomic E-state index is -3.06. The number of sulfonamides is 1. The van der Waals surface area contributed by atoms with Gasteiger partial charge in [0.15, 0.2) is 0 Å². The molecule has 0 aliphatic carbocycles. The van der Waals surface area contributed by atoms with E-state index in [2.05, 4.69) is 16.9 Å². The van der Waals surface area contributed by atoms with E-state index in [1.54, 1.807) is 0 Å². The van der Waals surface area contributed by atoms with Gasteiger partial charge in [-0.3, -0.25) is 0 Å². The molecule has 0 aliphatic rings. The van der Waals surface area contributed by atoms with Crippen molar-refractivity contribution in [2.45, 2.75) is 26.2 Å². The van der Waals surface area contributed by atoms with Crippen molar-refractivity contribution in [1.82, 2.24) is 4.72 Å². The third-order valence-electron chi connectivity index (χ3n) is 1.39. The highest BCUT2D eigenvalue weighted by molar-refractivity contribution is 7.89. The van der Waals surface area contributed by atoms with Gasteiger partial charge in [0.05, 0.1) is 10.7 Å². The molecule has 0 bridgehead atoms. The largest absolute Gasteiger partial charge is 0.393 e. The van der Waals surface area contributed by atoms with Crippen molar-refractivity contribution in [1.29, 1.82) is 0 Å². The number of rotatable bonds is 7. The Hall–Kier alpha value is -0.200. The zero-order valence-electron chi connectivity index (χ0n) is 7.75. The molecule has 0 aromatic carbocycles. The Kier molecular flexibility index (Phi) is 6.19. The summed E-state index contributed by atoms with van der Waals surface area (Å²) in [6.45, 7) is 2.24. The summed E-state index contributed by atoms with van der Waals surface area (Å²) < 4.78 is 24.7. The Morgan fingerprint density at radius 2 is 2.15 bits per heavy atom. The van der Waals surface area contributed by atoms with Crippen LogP contribution in [0, 0.1) is 0 Å². The molecule has 0 aromatic heterocycles. The first-order valence-corrected chi connectivity index (χ1v) is 6.29. The number of hydrogen-bond acceptors (Lipinski definition) is 3. The van der Waals surface area contributed by atoms with E-state index in [1.807, 2.05) is 6.92 Å². The predicted molar refractivity (Wildman–Crippen MR) is 58.1 cm³/mol. The van der Waals surface area contributed by atoms with Crippen LogP contribution in [0.2, 0.25) is 0 Å². The van der Waals surface area contributed by atoms with Gasteiger partial charge in [-0.1, -0.05) is 19.1 Å². The third-order valence-corrected chi connectivity index (χ3v) is 3.19. The normalized spacial score (nSPS) is 11.5. The minimum Gasteiger partial charge on any atom is -0.393 e. The van der Waals surface area contributed by atoms with Crippen molar-refractivity contribution in [2.24, 2.45) is 5.73 Å². The molecule has 13 heavy (non-hydrogen) atoms. The SMILES string of the molecule is CCCS(=O)(=O)NCCCC(N)=S. The molecule has 0 aliphatic heterocycles. The van der Waals surface area contributed by atoms with Crippen LogP contribution in [0.3, 0.4) is 0 Å². The molecule has 0 amide bonds. The molecule has 0 fully saturated rings. The second-order valence-electron chi connectivity index (χ2n) is 2.78. The highest BCUT2D eigenvalue weighted by atomic mass is 32.2. The number of nitrogens with two attached hydrogens (primary N) is 1. The highest BCUT2D eigenvalue weighted by Crippen LogP contribution is 1.91. The zero-order valence-corrected chi connectivity index (χ0v) is 9.38. The molecule has 6 heteroatoms. The van der Waals surface area contributed by atoms with Crippen LogP contribution in [0.15, 0.2) is 0 Å². The lowest BCUT2D eigenvalue weighted by atomic mass is 10.3. The quantitative estimate of drug-likeness (QED) is 0.484. The van der Waals surface area contributed by atoms with Crippen LogP contribution in [0.4, 0.5) is 0 Å². The van der Waals surface area contributed by atoms with Gasteiger partial charge in [-0.25, -0.2) is 13.1 Å². The molecule has 0 radical (unpaired) electrons. The van der Waals surface area contributed by atoms with E-state index >= 15 is 0 Å². The summed E-state index contributed by atoms with van der Waals surface area (Å²) >= 11 is 4.65. The van der Waals surface area contributed by atoms with E-state index in [4.69, 9.17) is 5.73 Å². The topological polar surface area (TPSA) is 72.2 Å². The maximum Gasteiger partial charge on any atom is 0.211 e. The standard InChI is InChI=1S/C7H16N2O2S2/c1-2-6-13(10,11)9-5-3-4-7(8)12/h9H,2-6H2,1H3,(H2,8,12). The van der Waals surface area contributed by atoms with Crippen LogP contribution in [0.1, 0.15) is 26.2 Å². The summed E-state index contributed by atoms with van der Waals surface area (Å²) in [5.74, 6) is 0.181. The predicted octanol–water partition coefficient (Wildman–Crippen LogP) is 0.382. The lowest BCUT2D eigenvalue weighted by molar-refractivity contribution is 0.578. The Morgan fingerprint density at radius 1 is 1.54 bits per heavy atom. The molecule has 0 saturated carbocycles. The molecule has 0 unspecified atom stereocenters. The molecule has 3 N–H and O–H groups in total. The number of thiocarbonyl (C=S) groups is 1. The summed E-state index contributed by atoms with van der Waals surface area (Å²) in [7, 11) is -3.06. The van der Waals surface area contributed by atoms with E-state index in [-0.39, 0.29) is 5.75 Å². The monoisotopic (exact) mass is 224 g/mol. The van der Waals surface area contributed by atoms with Crippen LogP contribution in [0.5, 0.6) is 0 Å². The Balaban J connectivity index is 3.58. The minimum absolute atomic E-state index is 0.181. The van der Waals surface area contributed by atoms with E-state index in [0.717, 1.165) is 0 Å². The summed E-state index contributed by atoms with van der Waals surface area (Å²) in [5.41, 5.74) is 5.26. The zero-order chi connectivity index (χ0) is 10.3. The van der Waals surface area contributed by atoms with Crippen LogP contribution in [-0.2, 0) is 10.0 Å². The van der Waals surface area contributed by atoms with Crippen LogP contribution in [0.25, 0.3) is 0 Å². The van der Waals surface area contributed by atoms with Gasteiger partial charge in [0.1, 0.15) is 0 Å². The lowest BCUT2D eigenvalue weighted by Gasteiger charge is -2.04. The van der Waals surface area contributed by atoms with Gasteiger partial charge in [-0.15, -0.1) is 0 Å². The molecular formula is C7H16N2O2S2. The molecule has 0 heterocycles. The van der Waals surface area contributed by atoms with Crippen molar-refractivity contribution in [3.05, 3.63) is 0 Å². The average Bonchev–Trinajstić information content (AvgIpc) is 1.98. The van der Waals surface area contributed by atoms with Crippen molar-refractivity contribution < 1.29 is 8.42 Å². The van der Waals surface area contributed by atoms with Crippen LogP contribution >= 0.6 is 12.2 Å². The molecule has 0 rings (SSSR count). The summed E-state index contributed by atoms with van der Waals surface area (Å²) in [4.78, 5) is 0.426. The molecule has 0 atom stereocenters. The molecular weight excluding hydrogens is 208 g/mol. The summed E-state index contributed by atoms with van der Waals surface area (Å²) in [6.07, 6.45) is 1.88. The molecule has 78 valence electrons. The van der Waals surface area contributed by atoms with Crippen molar-refractivity contribution >= 4 is 27.2 Å². The van der Waals surface area contributed by atoms with Gasteiger partial charge in [0.2, 0.25) is 10.0 Å². The van der Waals surface area contributed by atoms with E-state index < -0.39 is 10.0 Å². The number of nitrogens with one attached hydrogen (secondary N) is 1. The molecule has 0 saturated heterocycles. The van der Waals surface area contributed by atoms with Gasteiger partial charge in [-0.2, -0.15) is 0 Å². The first kappa shape index (κ1) is 12.8. The molecule has 4 nitrogen and oxygen atoms in total. The molecule has 0 aromatic rings. The second kappa shape index (κ2) is 6.28. The van der Waals surface area contributed by atoms with Crippen molar-refractivity contribution in [3.63, 3.8) is 0 Å². The maximum atomic E-state index is 11.1. The summed E-state index contributed by atoms with van der Waals surface area (Å²) in [6, 6.07) is 0. The molecule has 0 spiro atoms. The second-order valence-corrected chi connectivity index (χ2v) is 5.23. The van der Waals surface area contributed by atoms with Crippen molar-refractivity contribution in [3.8, 4) is 0 Å². The maximum absolute atomic E-state index is 11.1. The summed E-state index contributed by atoms with van der Waals surface area (Å²) in [5, 5.41) is 0. The smallest absolute Gasteiger partial charge is 0.211 e. The Labute approximate surface area is 84.9 Å². The van der Waals surface area contributed by atoms with Gasteiger partial charge in [0, 0.05) is 6.54 Å². The Bertz CT molecular complexity index is 249. The van der Waals surface area contributed by atoms with Gasteiger partial charge in [-0.05, 0) is 19.3 Å². The first-order valence-electron chi connectivity index (χ1n) is 4.23. The fourth-order valence-electron chi connectivity index (χ4n) is 0.831. The van der Waals surface area contributed by atoms with Crippen molar-refractivity contribution in [2.75, 3.05) is 12.3 Å². The highest BCUT2D eigenvalue weighted by Gasteiger charge is 2.06. The van der Waals surface area contributed by atoms with E-state index in [0.29, 0.717) is 30.8 Å². The van der Waals surface area contributed by atoms with Crippen LogP contribution < -0.4 is 10.5 Å². The third kappa shape index (κ3) is 8.14. The van der Waals surface area contributed by atoms with Gasteiger partial charge >= 0.3 is 0 Å². The van der Waals surface area contributed by atoms with E-state index in [1.165, 1.54) is 0 Å². The number of hydrogen-bond donors (Lipinski definition) is 2. The van der Waals surface area contributed by atoms with Crippen LogP contribution in [-0.4, -0.2) is 25.7 Å². The fourth-order valence-corrected chi connectivity index (χ4v) is 2.11. The average molecular weight is 224 g/mol.